The predicted octanol–water partition coefficient (Wildman–Crippen LogP) is 2.37. The van der Waals surface area contributed by atoms with E-state index in [-0.39, 0.29) is 12.3 Å². The summed E-state index contributed by atoms with van der Waals surface area (Å²) in [5.41, 5.74) is 1.53. The molecular weight excluding hydrogens is 264 g/mol. The third kappa shape index (κ3) is 3.35. The summed E-state index contributed by atoms with van der Waals surface area (Å²) in [6, 6.07) is 5.27. The minimum atomic E-state index is -3.27. The van der Waals surface area contributed by atoms with Gasteiger partial charge in [0.05, 0.1) is 11.3 Å². The maximum absolute atomic E-state index is 11.7. The molecule has 1 fully saturated rings. The Bertz CT molecular complexity index is 600. The Hall–Kier alpha value is -1.36. The molecule has 1 unspecified atom stereocenters. The monoisotopic (exact) mass is 282 g/mol. The van der Waals surface area contributed by atoms with Gasteiger partial charge in [0.15, 0.2) is 9.84 Å². The molecule has 1 aromatic carbocycles. The van der Waals surface area contributed by atoms with Gasteiger partial charge in [-0.15, -0.1) is 0 Å². The number of carbonyl (C=O) groups is 1. The van der Waals surface area contributed by atoms with Gasteiger partial charge in [0.1, 0.15) is 0 Å². The molecule has 19 heavy (non-hydrogen) atoms. The minimum absolute atomic E-state index is 0.0664. The highest BCUT2D eigenvalue weighted by molar-refractivity contribution is 7.90. The van der Waals surface area contributed by atoms with Crippen molar-refractivity contribution < 1.29 is 18.3 Å². The maximum Gasteiger partial charge on any atom is 0.303 e. The molecule has 5 heteroatoms. The molecule has 0 aromatic heterocycles. The molecule has 0 aliphatic heterocycles. The molecule has 1 aliphatic rings. The van der Waals surface area contributed by atoms with Gasteiger partial charge in [-0.25, -0.2) is 8.42 Å². The summed E-state index contributed by atoms with van der Waals surface area (Å²) in [4.78, 5) is 11.3. The number of sulfone groups is 1. The number of aliphatic carboxylic acids is 1. The molecule has 0 saturated heterocycles. The van der Waals surface area contributed by atoms with Crippen molar-refractivity contribution in [2.45, 2.75) is 37.0 Å². The maximum atomic E-state index is 11.7. The van der Waals surface area contributed by atoms with Crippen LogP contribution in [-0.4, -0.2) is 25.7 Å². The Kier molecular flexibility index (Phi) is 3.67. The van der Waals surface area contributed by atoms with Crippen molar-refractivity contribution in [1.29, 1.82) is 0 Å². The molecule has 104 valence electrons. The van der Waals surface area contributed by atoms with Crippen LogP contribution in [0.2, 0.25) is 0 Å². The molecule has 0 heterocycles. The lowest BCUT2D eigenvalue weighted by Crippen LogP contribution is -2.10. The first-order valence-electron chi connectivity index (χ1n) is 6.31. The average Bonchev–Trinajstić information content (AvgIpc) is 3.08. The lowest BCUT2D eigenvalue weighted by molar-refractivity contribution is -0.137. The average molecular weight is 282 g/mol. The van der Waals surface area contributed by atoms with Crippen molar-refractivity contribution in [1.82, 2.24) is 0 Å². The summed E-state index contributed by atoms with van der Waals surface area (Å²) in [6.07, 6.45) is 3.30. The largest absolute Gasteiger partial charge is 0.481 e. The van der Waals surface area contributed by atoms with Gasteiger partial charge in [0.25, 0.3) is 0 Å². The number of rotatable bonds is 5. The smallest absolute Gasteiger partial charge is 0.303 e. The molecule has 1 aromatic rings. The molecule has 1 N–H and O–H groups in total. The van der Waals surface area contributed by atoms with Crippen LogP contribution in [0, 0.1) is 12.8 Å². The van der Waals surface area contributed by atoms with E-state index >= 15 is 0 Å². The van der Waals surface area contributed by atoms with Crippen LogP contribution in [0.1, 0.15) is 36.3 Å². The van der Waals surface area contributed by atoms with Crippen LogP contribution >= 0.6 is 0 Å². The fraction of sp³-hybridized carbons (Fsp3) is 0.500. The van der Waals surface area contributed by atoms with Crippen molar-refractivity contribution in [3.8, 4) is 0 Å². The second-order valence-corrected chi connectivity index (χ2v) is 7.32. The van der Waals surface area contributed by atoms with Gasteiger partial charge in [0, 0.05) is 6.26 Å². The van der Waals surface area contributed by atoms with Crippen LogP contribution < -0.4 is 0 Å². The van der Waals surface area contributed by atoms with E-state index in [0.717, 1.165) is 18.4 Å². The van der Waals surface area contributed by atoms with Crippen molar-refractivity contribution in [2.75, 3.05) is 6.26 Å². The van der Waals surface area contributed by atoms with E-state index in [2.05, 4.69) is 0 Å². The van der Waals surface area contributed by atoms with Crippen LogP contribution in [0.25, 0.3) is 0 Å². The Morgan fingerprint density at radius 2 is 2.05 bits per heavy atom. The second kappa shape index (κ2) is 4.96. The number of hydrogen-bond donors (Lipinski definition) is 1. The van der Waals surface area contributed by atoms with Crippen LogP contribution in [0.15, 0.2) is 23.1 Å². The topological polar surface area (TPSA) is 71.4 Å². The van der Waals surface area contributed by atoms with Gasteiger partial charge in [-0.05, 0) is 48.8 Å². The first-order valence-corrected chi connectivity index (χ1v) is 8.20. The Balaban J connectivity index is 2.41. The summed E-state index contributed by atoms with van der Waals surface area (Å²) in [6.45, 7) is 1.75. The predicted molar refractivity (Wildman–Crippen MR) is 72.0 cm³/mol. The fourth-order valence-electron chi connectivity index (χ4n) is 2.49. The van der Waals surface area contributed by atoms with E-state index in [9.17, 15) is 13.2 Å². The molecule has 0 spiro atoms. The third-order valence-corrected chi connectivity index (χ3v) is 4.86. The molecule has 0 bridgehead atoms. The minimum Gasteiger partial charge on any atom is -0.481 e. The van der Waals surface area contributed by atoms with Gasteiger partial charge < -0.3 is 5.11 Å². The molecule has 4 nitrogen and oxygen atoms in total. The highest BCUT2D eigenvalue weighted by atomic mass is 32.2. The van der Waals surface area contributed by atoms with E-state index < -0.39 is 15.8 Å². The lowest BCUT2D eigenvalue weighted by Gasteiger charge is -2.16. The summed E-state index contributed by atoms with van der Waals surface area (Å²) >= 11 is 0. The van der Waals surface area contributed by atoms with E-state index in [4.69, 9.17) is 5.11 Å². The zero-order valence-corrected chi connectivity index (χ0v) is 11.9. The molecule has 2 rings (SSSR count). The summed E-state index contributed by atoms with van der Waals surface area (Å²) in [5.74, 6) is -0.525. The van der Waals surface area contributed by atoms with Crippen molar-refractivity contribution in [3.05, 3.63) is 29.3 Å². The van der Waals surface area contributed by atoms with Gasteiger partial charge >= 0.3 is 5.97 Å². The number of carboxylic acids is 1. The fourth-order valence-corrected chi connectivity index (χ4v) is 3.49. The highest BCUT2D eigenvalue weighted by Gasteiger charge is 2.34. The standard InChI is InChI=1S/C14H18O4S/c1-9-3-4-11(7-13(9)19(2,17)18)12(8-14(15)16)10-5-6-10/h3-4,7,10,12H,5-6,8H2,1-2H3,(H,15,16). The summed E-state index contributed by atoms with van der Waals surface area (Å²) in [5, 5.41) is 8.99. The van der Waals surface area contributed by atoms with Crippen LogP contribution in [-0.2, 0) is 14.6 Å². The van der Waals surface area contributed by atoms with E-state index in [1.807, 2.05) is 6.07 Å². The summed E-state index contributed by atoms with van der Waals surface area (Å²) < 4.78 is 23.4. The van der Waals surface area contributed by atoms with Crippen LogP contribution in [0.5, 0.6) is 0 Å². The SMILES string of the molecule is Cc1ccc(C(CC(=O)O)C2CC2)cc1S(C)(=O)=O. The molecule has 0 radical (unpaired) electrons. The first kappa shape index (κ1) is 14.1. The number of aryl methyl sites for hydroxylation is 1. The van der Waals surface area contributed by atoms with E-state index in [0.29, 0.717) is 16.4 Å². The van der Waals surface area contributed by atoms with Crippen molar-refractivity contribution in [2.24, 2.45) is 5.92 Å². The Morgan fingerprint density at radius 3 is 2.53 bits per heavy atom. The summed E-state index contributed by atoms with van der Waals surface area (Å²) in [7, 11) is -3.27. The Morgan fingerprint density at radius 1 is 1.42 bits per heavy atom. The van der Waals surface area contributed by atoms with Crippen molar-refractivity contribution >= 4 is 15.8 Å². The number of carboxylic acid groups (broad SMARTS) is 1. The highest BCUT2D eigenvalue weighted by Crippen LogP contribution is 2.45. The van der Waals surface area contributed by atoms with Crippen molar-refractivity contribution in [3.63, 3.8) is 0 Å². The van der Waals surface area contributed by atoms with Gasteiger partial charge in [-0.2, -0.15) is 0 Å². The molecule has 1 aliphatic carbocycles. The van der Waals surface area contributed by atoms with E-state index in [1.54, 1.807) is 19.1 Å². The van der Waals surface area contributed by atoms with Gasteiger partial charge in [-0.1, -0.05) is 12.1 Å². The molecular formula is C14H18O4S. The Labute approximate surface area is 113 Å². The first-order chi connectivity index (χ1) is 8.79. The van der Waals surface area contributed by atoms with Crippen LogP contribution in [0.4, 0.5) is 0 Å². The van der Waals surface area contributed by atoms with E-state index in [1.165, 1.54) is 6.26 Å². The third-order valence-electron chi connectivity index (χ3n) is 3.63. The molecule has 0 amide bonds. The van der Waals surface area contributed by atoms with Crippen LogP contribution in [0.3, 0.4) is 0 Å². The molecule has 1 saturated carbocycles. The second-order valence-electron chi connectivity index (χ2n) is 5.34. The van der Waals surface area contributed by atoms with Gasteiger partial charge in [-0.3, -0.25) is 4.79 Å². The molecule has 1 atom stereocenters. The number of hydrogen-bond acceptors (Lipinski definition) is 3. The zero-order valence-electron chi connectivity index (χ0n) is 11.1. The lowest BCUT2D eigenvalue weighted by atomic mass is 9.90. The quantitative estimate of drug-likeness (QED) is 0.900. The number of benzene rings is 1. The zero-order chi connectivity index (χ0) is 14.2. The normalized spacial score (nSPS) is 17.2. The van der Waals surface area contributed by atoms with Gasteiger partial charge in [0.2, 0.25) is 0 Å².